The molecule has 11 nitrogen and oxygen atoms in total. The van der Waals surface area contributed by atoms with Gasteiger partial charge in [-0.25, -0.2) is 4.79 Å². The number of benzene rings is 3. The fourth-order valence-corrected chi connectivity index (χ4v) is 5.45. The number of carbonyl (C=O) groups is 4. The van der Waals surface area contributed by atoms with E-state index in [1.807, 2.05) is 36.4 Å². The fourth-order valence-electron chi connectivity index (χ4n) is 5.24. The summed E-state index contributed by atoms with van der Waals surface area (Å²) >= 11 is 5.30. The Morgan fingerprint density at radius 1 is 0.857 bits per heavy atom. The number of ether oxygens (including phenoxy) is 1. The number of rotatable bonds is 14. The third-order valence-electron chi connectivity index (χ3n) is 7.93. The molecule has 0 radical (unpaired) electrons. The van der Waals surface area contributed by atoms with Gasteiger partial charge in [-0.1, -0.05) is 63.9 Å². The molecule has 0 aliphatic carbocycles. The van der Waals surface area contributed by atoms with Gasteiger partial charge in [-0.15, -0.1) is 0 Å². The molecule has 258 valence electrons. The van der Waals surface area contributed by atoms with Crippen LogP contribution in [0.25, 0.3) is 10.9 Å². The Balaban J connectivity index is 1.10. The number of para-hydroxylation sites is 1. The van der Waals surface area contributed by atoms with Crippen molar-refractivity contribution >= 4 is 63.4 Å². The van der Waals surface area contributed by atoms with E-state index in [1.165, 1.54) is 0 Å². The van der Waals surface area contributed by atoms with Gasteiger partial charge in [0.05, 0.1) is 0 Å². The molecule has 0 saturated heterocycles. The number of carbonyl (C=O) groups excluding carboxylic acids is 4. The number of amides is 4. The number of anilines is 2. The molecule has 3 aromatic carbocycles. The summed E-state index contributed by atoms with van der Waals surface area (Å²) in [5, 5.41) is 12.5. The van der Waals surface area contributed by atoms with Crippen molar-refractivity contribution in [3.8, 4) is 0 Å². The maximum atomic E-state index is 12.8. The van der Waals surface area contributed by atoms with Gasteiger partial charge >= 0.3 is 6.09 Å². The Morgan fingerprint density at radius 3 is 2.18 bits per heavy atom. The minimum absolute atomic E-state index is 0.00228. The lowest BCUT2D eigenvalue weighted by Gasteiger charge is -2.19. The van der Waals surface area contributed by atoms with Gasteiger partial charge in [0, 0.05) is 53.4 Å². The SMILES string of the molecule is CC(C)(C)c1ccc(C(=O)NC(=S)Nc2ccc(NC(=O)CCCCCCNC(=O)[C@H](Cc3c[nH]c4ccccc34)OC(N)=O)cc2)cc1. The molecule has 0 bridgehead atoms. The average molecular weight is 685 g/mol. The van der Waals surface area contributed by atoms with Gasteiger partial charge in [0.25, 0.3) is 11.8 Å². The molecular formula is C37H44N6O5S. The van der Waals surface area contributed by atoms with E-state index in [9.17, 15) is 19.2 Å². The van der Waals surface area contributed by atoms with Gasteiger partial charge in [0.1, 0.15) is 0 Å². The number of fused-ring (bicyclic) bond motifs is 1. The Morgan fingerprint density at radius 2 is 1.51 bits per heavy atom. The van der Waals surface area contributed by atoms with Gasteiger partial charge in [-0.2, -0.15) is 0 Å². The van der Waals surface area contributed by atoms with Crippen LogP contribution in [0.2, 0.25) is 0 Å². The molecule has 4 aromatic rings. The van der Waals surface area contributed by atoms with E-state index < -0.39 is 18.1 Å². The van der Waals surface area contributed by atoms with Gasteiger partial charge in [0.15, 0.2) is 11.2 Å². The first kappa shape index (κ1) is 36.6. The van der Waals surface area contributed by atoms with E-state index in [4.69, 9.17) is 22.7 Å². The standard InChI is InChI=1S/C37H44N6O5S/c1-37(2,3)26-15-13-24(14-16-26)33(45)43-36(49)42-28-19-17-27(18-20-28)41-32(44)12-6-4-5-9-21-39-34(46)31(48-35(38)47)22-25-23-40-30-11-8-7-10-29(25)30/h7-8,10-11,13-20,23,31,40H,4-6,9,12,21-22H2,1-3H3,(H2,38,47)(H,39,46)(H,41,44)(H2,42,43,45,49)/t31-/m0/s1. The summed E-state index contributed by atoms with van der Waals surface area (Å²) in [4.78, 5) is 52.4. The summed E-state index contributed by atoms with van der Waals surface area (Å²) in [5.74, 6) is -0.802. The number of primary amides is 1. The second-order valence-corrected chi connectivity index (χ2v) is 13.2. The lowest BCUT2D eigenvalue weighted by atomic mass is 9.87. The highest BCUT2D eigenvalue weighted by molar-refractivity contribution is 7.80. The summed E-state index contributed by atoms with van der Waals surface area (Å²) in [5.41, 5.74) is 9.97. The van der Waals surface area contributed by atoms with Crippen LogP contribution in [0.4, 0.5) is 16.2 Å². The Bertz CT molecular complexity index is 1760. The Kier molecular flexibility index (Phi) is 12.9. The smallest absolute Gasteiger partial charge is 0.405 e. The summed E-state index contributed by atoms with van der Waals surface area (Å²) < 4.78 is 5.11. The number of nitrogens with one attached hydrogen (secondary N) is 5. The van der Waals surface area contributed by atoms with E-state index in [0.717, 1.165) is 34.9 Å². The molecule has 4 rings (SSSR count). The Labute approximate surface area is 291 Å². The molecule has 1 atom stereocenters. The van der Waals surface area contributed by atoms with E-state index in [1.54, 1.807) is 42.6 Å². The van der Waals surface area contributed by atoms with Crippen LogP contribution in [-0.2, 0) is 26.2 Å². The van der Waals surface area contributed by atoms with Crippen molar-refractivity contribution in [3.63, 3.8) is 0 Å². The number of aromatic amines is 1. The van der Waals surface area contributed by atoms with Crippen LogP contribution in [0.15, 0.2) is 79.0 Å². The van der Waals surface area contributed by atoms with Crippen molar-refractivity contribution in [2.24, 2.45) is 5.73 Å². The zero-order valence-electron chi connectivity index (χ0n) is 28.1. The van der Waals surface area contributed by atoms with E-state index in [-0.39, 0.29) is 28.8 Å². The largest absolute Gasteiger partial charge is 0.436 e. The monoisotopic (exact) mass is 684 g/mol. The molecule has 0 saturated carbocycles. The average Bonchev–Trinajstić information content (AvgIpc) is 3.46. The highest BCUT2D eigenvalue weighted by Gasteiger charge is 2.23. The number of hydrogen-bond acceptors (Lipinski definition) is 6. The van der Waals surface area contributed by atoms with Gasteiger partial charge in [-0.3, -0.25) is 19.7 Å². The number of unbranched alkanes of at least 4 members (excludes halogenated alkanes) is 3. The maximum absolute atomic E-state index is 12.8. The Hall–Kier alpha value is -5.23. The molecule has 0 aliphatic heterocycles. The molecule has 1 heterocycles. The minimum atomic E-state index is -1.04. The predicted molar refractivity (Wildman–Crippen MR) is 196 cm³/mol. The zero-order valence-corrected chi connectivity index (χ0v) is 28.9. The first-order valence-corrected chi connectivity index (χ1v) is 16.7. The first-order chi connectivity index (χ1) is 23.4. The second-order valence-electron chi connectivity index (χ2n) is 12.8. The third-order valence-corrected chi connectivity index (χ3v) is 8.13. The minimum Gasteiger partial charge on any atom is -0.436 e. The van der Waals surface area contributed by atoms with Crippen molar-refractivity contribution in [2.75, 3.05) is 17.2 Å². The first-order valence-electron chi connectivity index (χ1n) is 16.3. The number of nitrogens with two attached hydrogens (primary N) is 1. The van der Waals surface area contributed by atoms with Crippen LogP contribution in [0.1, 0.15) is 74.4 Å². The molecular weight excluding hydrogens is 641 g/mol. The lowest BCUT2D eigenvalue weighted by Crippen LogP contribution is -2.40. The van der Waals surface area contributed by atoms with Crippen LogP contribution in [0.3, 0.4) is 0 Å². The van der Waals surface area contributed by atoms with Crippen molar-refractivity contribution in [1.82, 2.24) is 15.6 Å². The predicted octanol–water partition coefficient (Wildman–Crippen LogP) is 6.30. The van der Waals surface area contributed by atoms with Crippen LogP contribution in [0.5, 0.6) is 0 Å². The van der Waals surface area contributed by atoms with Gasteiger partial charge in [-0.05, 0) is 84.1 Å². The molecule has 0 fully saturated rings. The second kappa shape index (κ2) is 17.3. The highest BCUT2D eigenvalue weighted by Crippen LogP contribution is 2.23. The van der Waals surface area contributed by atoms with Crippen LogP contribution in [0, 0.1) is 0 Å². The highest BCUT2D eigenvalue weighted by atomic mass is 32.1. The van der Waals surface area contributed by atoms with Gasteiger partial charge in [0.2, 0.25) is 5.91 Å². The fraction of sp³-hybridized carbons (Fsp3) is 0.324. The number of thiocarbonyl (C=S) groups is 1. The summed E-state index contributed by atoms with van der Waals surface area (Å²) in [6, 6.07) is 22.2. The molecule has 12 heteroatoms. The number of hydrogen-bond donors (Lipinski definition) is 6. The van der Waals surface area contributed by atoms with E-state index >= 15 is 0 Å². The third kappa shape index (κ3) is 11.5. The quantitative estimate of drug-likeness (QED) is 0.0669. The normalized spacial score (nSPS) is 11.7. The summed E-state index contributed by atoms with van der Waals surface area (Å²) in [6.45, 7) is 6.76. The molecule has 0 spiro atoms. The number of aromatic nitrogens is 1. The maximum Gasteiger partial charge on any atom is 0.405 e. The van der Waals surface area contributed by atoms with Gasteiger partial charge < -0.3 is 31.4 Å². The summed E-state index contributed by atoms with van der Waals surface area (Å²) in [7, 11) is 0. The van der Waals surface area contributed by atoms with Crippen molar-refractivity contribution in [1.29, 1.82) is 0 Å². The molecule has 49 heavy (non-hydrogen) atoms. The summed E-state index contributed by atoms with van der Waals surface area (Å²) in [6.07, 6.45) is 3.35. The molecule has 7 N–H and O–H groups in total. The van der Waals surface area contributed by atoms with Crippen LogP contribution in [-0.4, -0.2) is 46.6 Å². The van der Waals surface area contributed by atoms with Crippen LogP contribution < -0.4 is 27.0 Å². The van der Waals surface area contributed by atoms with E-state index in [2.05, 4.69) is 47.0 Å². The van der Waals surface area contributed by atoms with Crippen molar-refractivity contribution < 1.29 is 23.9 Å². The van der Waals surface area contributed by atoms with Crippen LogP contribution >= 0.6 is 12.2 Å². The molecule has 0 unspecified atom stereocenters. The van der Waals surface area contributed by atoms with E-state index in [0.29, 0.717) is 42.7 Å². The molecule has 0 aliphatic rings. The van der Waals surface area contributed by atoms with Crippen molar-refractivity contribution in [2.45, 2.75) is 70.8 Å². The van der Waals surface area contributed by atoms with Crippen molar-refractivity contribution in [3.05, 3.63) is 95.7 Å². The lowest BCUT2D eigenvalue weighted by molar-refractivity contribution is -0.129. The molecule has 4 amide bonds. The number of H-pyrrole nitrogens is 1. The zero-order chi connectivity index (χ0) is 35.4. The topological polar surface area (TPSA) is 167 Å². The molecule has 1 aromatic heterocycles.